The number of hydrogen-bond acceptors (Lipinski definition) is 7. The molecule has 1 rings (SSSR count). The van der Waals surface area contributed by atoms with Gasteiger partial charge in [-0.3, -0.25) is 9.59 Å². The van der Waals surface area contributed by atoms with Gasteiger partial charge in [-0.15, -0.1) is 0 Å². The van der Waals surface area contributed by atoms with Crippen molar-refractivity contribution in [2.24, 2.45) is 20.7 Å². The first kappa shape index (κ1) is 30.4. The number of nitroso groups, excluding NO2 is 1. The molecule has 0 fully saturated rings. The van der Waals surface area contributed by atoms with E-state index in [0.29, 0.717) is 24.8 Å². The minimum absolute atomic E-state index is 0.0123. The zero-order valence-electron chi connectivity index (χ0n) is 20.9. The Bertz CT molecular complexity index is 872. The molecule has 0 saturated carbocycles. The van der Waals surface area contributed by atoms with Gasteiger partial charge < -0.3 is 0 Å². The molecule has 1 aliphatic rings. The SMILES string of the molecule is CC(C)CCCCCCCCCCC[C@H](CCC1=CC(=O)C(SN=[N+]=[N-])=C(CN=[N+]=[N-])C1=O)N=O. The van der Waals surface area contributed by atoms with Crippen molar-refractivity contribution in [3.05, 3.63) is 47.9 Å². The van der Waals surface area contributed by atoms with Crippen LogP contribution in [0.2, 0.25) is 0 Å². The molecule has 0 aromatic rings. The van der Waals surface area contributed by atoms with E-state index < -0.39 is 17.6 Å². The van der Waals surface area contributed by atoms with Gasteiger partial charge >= 0.3 is 0 Å². The molecule has 0 unspecified atom stereocenters. The Morgan fingerprint density at radius 1 is 0.886 bits per heavy atom. The number of azide groups is 2. The summed E-state index contributed by atoms with van der Waals surface area (Å²) in [6.07, 6.45) is 14.6. The number of allylic oxidation sites excluding steroid dienone is 3. The molecule has 0 amide bonds. The normalized spacial score (nSPS) is 14.4. The number of unbranched alkanes of at least 4 members (excludes halogenated alkanes) is 8. The maximum absolute atomic E-state index is 12.8. The predicted molar refractivity (Wildman–Crippen MR) is 140 cm³/mol. The van der Waals surface area contributed by atoms with Crippen LogP contribution in [0.3, 0.4) is 0 Å². The standard InChI is InChI=1S/C24H37N7O3S/c1-18(2)12-10-8-6-4-3-5-7-9-11-13-20(28-34)15-14-19-16-22(32)24(35-31-30-26)21(23(19)33)17-27-29-25/h16,18,20H,3-15,17H2,1-2H3/t20-/m1/s1. The smallest absolute Gasteiger partial charge is 0.193 e. The van der Waals surface area contributed by atoms with E-state index >= 15 is 0 Å². The molecule has 0 aliphatic heterocycles. The van der Waals surface area contributed by atoms with E-state index in [1.165, 1.54) is 51.0 Å². The minimum Gasteiger partial charge on any atom is -0.289 e. The van der Waals surface area contributed by atoms with Gasteiger partial charge in [0.05, 0.1) is 17.5 Å². The molecule has 0 radical (unpaired) electrons. The van der Waals surface area contributed by atoms with Crippen molar-refractivity contribution in [1.82, 2.24) is 0 Å². The van der Waals surface area contributed by atoms with Crippen LogP contribution >= 0.6 is 11.9 Å². The largest absolute Gasteiger partial charge is 0.289 e. The first-order valence-corrected chi connectivity index (χ1v) is 13.3. The topological polar surface area (TPSA) is 161 Å². The van der Waals surface area contributed by atoms with Gasteiger partial charge in [-0.05, 0) is 58.8 Å². The summed E-state index contributed by atoms with van der Waals surface area (Å²) in [7, 11) is 0. The Labute approximate surface area is 211 Å². The Balaban J connectivity index is 2.38. The van der Waals surface area contributed by atoms with Gasteiger partial charge in [0.15, 0.2) is 11.6 Å². The Kier molecular flexibility index (Phi) is 16.2. The van der Waals surface area contributed by atoms with Crippen LogP contribution in [0.5, 0.6) is 0 Å². The summed E-state index contributed by atoms with van der Waals surface area (Å²) in [5, 5.41) is 6.60. The highest BCUT2D eigenvalue weighted by Crippen LogP contribution is 2.31. The fourth-order valence-electron chi connectivity index (χ4n) is 4.07. The fourth-order valence-corrected chi connectivity index (χ4v) is 4.60. The molecule has 1 aliphatic carbocycles. The molecule has 0 saturated heterocycles. The van der Waals surface area contributed by atoms with E-state index in [0.717, 1.165) is 25.2 Å². The lowest BCUT2D eigenvalue weighted by atomic mass is 9.90. The van der Waals surface area contributed by atoms with Crippen molar-refractivity contribution in [2.75, 3.05) is 6.54 Å². The zero-order chi connectivity index (χ0) is 25.9. The second-order valence-electron chi connectivity index (χ2n) is 9.27. The molecule has 1 atom stereocenters. The van der Waals surface area contributed by atoms with Crippen LogP contribution in [0.1, 0.15) is 97.3 Å². The summed E-state index contributed by atoms with van der Waals surface area (Å²) in [5.74, 6) is -0.111. The number of rotatable bonds is 20. The molecular weight excluding hydrogens is 466 g/mol. The van der Waals surface area contributed by atoms with E-state index in [9.17, 15) is 14.5 Å². The van der Waals surface area contributed by atoms with Crippen LogP contribution in [-0.4, -0.2) is 24.2 Å². The summed E-state index contributed by atoms with van der Waals surface area (Å²) in [4.78, 5) is 41.7. The molecule has 0 aromatic carbocycles. The van der Waals surface area contributed by atoms with Gasteiger partial charge in [0.2, 0.25) is 0 Å². The average molecular weight is 504 g/mol. The van der Waals surface area contributed by atoms with Gasteiger partial charge in [-0.25, -0.2) is 0 Å². The third-order valence-electron chi connectivity index (χ3n) is 6.04. The molecule has 0 spiro atoms. The summed E-state index contributed by atoms with van der Waals surface area (Å²) >= 11 is 0.545. The lowest BCUT2D eigenvalue weighted by Crippen LogP contribution is -2.20. The van der Waals surface area contributed by atoms with E-state index in [2.05, 4.69) is 38.5 Å². The number of carbonyl (C=O) groups excluding carboxylic acids is 2. The van der Waals surface area contributed by atoms with Gasteiger partial charge in [-0.2, -0.15) is 4.91 Å². The van der Waals surface area contributed by atoms with Crippen LogP contribution in [0.25, 0.3) is 20.9 Å². The van der Waals surface area contributed by atoms with Crippen molar-refractivity contribution >= 4 is 23.5 Å². The van der Waals surface area contributed by atoms with Crippen molar-refractivity contribution in [1.29, 1.82) is 0 Å². The molecule has 0 heterocycles. The monoisotopic (exact) mass is 503 g/mol. The van der Waals surface area contributed by atoms with Crippen LogP contribution in [0.15, 0.2) is 36.9 Å². The Hall–Kier alpha value is -2.61. The number of Topliss-reactive ketones (excluding diaryl/α,β-unsaturated/α-hetero) is 1. The van der Waals surface area contributed by atoms with Crippen molar-refractivity contribution in [3.8, 4) is 0 Å². The summed E-state index contributed by atoms with van der Waals surface area (Å²) < 4.78 is 3.28. The van der Waals surface area contributed by atoms with E-state index in [1.807, 2.05) is 0 Å². The molecule has 35 heavy (non-hydrogen) atoms. The lowest BCUT2D eigenvalue weighted by Gasteiger charge is -2.17. The fraction of sp³-hybridized carbons (Fsp3) is 0.750. The maximum Gasteiger partial charge on any atom is 0.193 e. The molecule has 192 valence electrons. The van der Waals surface area contributed by atoms with Gasteiger partial charge in [0.25, 0.3) is 0 Å². The van der Waals surface area contributed by atoms with Crippen LogP contribution < -0.4 is 0 Å². The highest BCUT2D eigenvalue weighted by Gasteiger charge is 2.28. The number of nitrogens with zero attached hydrogens (tertiary/aromatic N) is 7. The summed E-state index contributed by atoms with van der Waals surface area (Å²) in [5.41, 5.74) is 17.4. The zero-order valence-corrected chi connectivity index (χ0v) is 21.7. The predicted octanol–water partition coefficient (Wildman–Crippen LogP) is 8.45. The first-order chi connectivity index (χ1) is 16.9. The van der Waals surface area contributed by atoms with Gasteiger partial charge in [-0.1, -0.05) is 88.3 Å². The average Bonchev–Trinajstić information content (AvgIpc) is 2.84. The van der Waals surface area contributed by atoms with Gasteiger partial charge in [0, 0.05) is 21.0 Å². The second-order valence-corrected chi connectivity index (χ2v) is 10.0. The highest BCUT2D eigenvalue weighted by molar-refractivity contribution is 8.02. The molecule has 0 aromatic heterocycles. The van der Waals surface area contributed by atoms with E-state index in [1.54, 1.807) is 0 Å². The summed E-state index contributed by atoms with van der Waals surface area (Å²) in [6.45, 7) is 4.23. The van der Waals surface area contributed by atoms with Crippen molar-refractivity contribution in [2.45, 2.75) is 103 Å². The maximum atomic E-state index is 12.8. The van der Waals surface area contributed by atoms with Gasteiger partial charge in [0.1, 0.15) is 0 Å². The molecule has 0 bridgehead atoms. The number of carbonyl (C=O) groups is 2. The highest BCUT2D eigenvalue weighted by atomic mass is 32.2. The van der Waals surface area contributed by atoms with Crippen molar-refractivity contribution < 1.29 is 9.59 Å². The van der Waals surface area contributed by atoms with E-state index in [4.69, 9.17) is 11.1 Å². The molecule has 0 N–H and O–H groups in total. The Morgan fingerprint density at radius 3 is 2.03 bits per heavy atom. The second kappa shape index (κ2) is 18.7. The third kappa shape index (κ3) is 12.6. The van der Waals surface area contributed by atoms with Crippen LogP contribution in [-0.2, 0) is 9.59 Å². The minimum atomic E-state index is -0.476. The number of hydrogen-bond donors (Lipinski definition) is 0. The molecule has 10 nitrogen and oxygen atoms in total. The summed E-state index contributed by atoms with van der Waals surface area (Å²) in [6, 6.07) is -0.414. The first-order valence-electron chi connectivity index (χ1n) is 12.5. The number of ketones is 2. The van der Waals surface area contributed by atoms with Crippen molar-refractivity contribution in [3.63, 3.8) is 0 Å². The quantitative estimate of drug-likeness (QED) is 0.0310. The Morgan fingerprint density at radius 2 is 1.49 bits per heavy atom. The third-order valence-corrected chi connectivity index (χ3v) is 6.83. The lowest BCUT2D eigenvalue weighted by molar-refractivity contribution is -0.115. The van der Waals surface area contributed by atoms with Crippen LogP contribution in [0.4, 0.5) is 0 Å². The molecular formula is C24H37N7O3S. The molecule has 11 heteroatoms. The van der Waals surface area contributed by atoms with Crippen LogP contribution in [0, 0.1) is 10.8 Å². The van der Waals surface area contributed by atoms with E-state index in [-0.39, 0.29) is 29.0 Å².